The number of piperidine rings is 1. The van der Waals surface area contributed by atoms with Gasteiger partial charge in [0.05, 0.1) is 4.90 Å². The molecule has 5 nitrogen and oxygen atoms in total. The van der Waals surface area contributed by atoms with E-state index in [1.807, 2.05) is 18.2 Å². The zero-order chi connectivity index (χ0) is 20.2. The standard InChI is InChI=1S/C21H26ClNO4S/c1-28(25,26)20-8-6-19(7-9-20)27-16-21(24)11-3-12-23(15-21)13-10-17-4-2-5-18(22)14-17/h2,4-9,14,24H,3,10-13,15-16H2,1H3/t21-/m0/s1. The second-order valence-electron chi connectivity index (χ2n) is 7.52. The van der Waals surface area contributed by atoms with E-state index in [0.717, 1.165) is 31.0 Å². The predicted molar refractivity (Wildman–Crippen MR) is 111 cm³/mol. The Labute approximate surface area is 171 Å². The fourth-order valence-corrected chi connectivity index (χ4v) is 4.34. The molecule has 0 aliphatic carbocycles. The van der Waals surface area contributed by atoms with Crippen LogP contribution in [0.1, 0.15) is 18.4 Å². The lowest BCUT2D eigenvalue weighted by Gasteiger charge is -2.39. The Hall–Kier alpha value is -1.60. The average Bonchev–Trinajstić information content (AvgIpc) is 2.65. The Morgan fingerprint density at radius 2 is 1.96 bits per heavy atom. The van der Waals surface area contributed by atoms with Crippen LogP contribution in [0.2, 0.25) is 5.02 Å². The maximum atomic E-state index is 11.5. The molecule has 1 atom stereocenters. The largest absolute Gasteiger partial charge is 0.491 e. The Morgan fingerprint density at radius 3 is 2.64 bits per heavy atom. The maximum absolute atomic E-state index is 11.5. The van der Waals surface area contributed by atoms with Crippen LogP contribution in [-0.4, -0.2) is 56.5 Å². The number of likely N-dealkylation sites (tertiary alicyclic amines) is 1. The highest BCUT2D eigenvalue weighted by atomic mass is 35.5. The highest BCUT2D eigenvalue weighted by Gasteiger charge is 2.34. The Bertz CT molecular complexity index is 901. The monoisotopic (exact) mass is 423 g/mol. The molecule has 1 N–H and O–H groups in total. The number of β-amino-alcohol motifs (C(OH)–C–C–N with tert-alkyl or cyclic N) is 1. The van der Waals surface area contributed by atoms with Gasteiger partial charge < -0.3 is 14.7 Å². The minimum atomic E-state index is -3.23. The minimum absolute atomic E-state index is 0.179. The highest BCUT2D eigenvalue weighted by Crippen LogP contribution is 2.24. The number of sulfone groups is 1. The molecule has 1 aliphatic rings. The molecule has 28 heavy (non-hydrogen) atoms. The number of ether oxygens (including phenoxy) is 1. The van der Waals surface area contributed by atoms with Gasteiger partial charge in [0.15, 0.2) is 9.84 Å². The van der Waals surface area contributed by atoms with E-state index in [-0.39, 0.29) is 11.5 Å². The third-order valence-electron chi connectivity index (χ3n) is 5.00. The molecule has 1 fully saturated rings. The molecule has 152 valence electrons. The second kappa shape index (κ2) is 8.82. The molecule has 0 unspecified atom stereocenters. The molecule has 2 aromatic carbocycles. The van der Waals surface area contributed by atoms with E-state index in [1.54, 1.807) is 12.1 Å². The van der Waals surface area contributed by atoms with Gasteiger partial charge in [-0.2, -0.15) is 0 Å². The van der Waals surface area contributed by atoms with Crippen LogP contribution in [0, 0.1) is 0 Å². The van der Waals surface area contributed by atoms with Crippen molar-refractivity contribution in [3.8, 4) is 5.75 Å². The van der Waals surface area contributed by atoms with Crippen molar-refractivity contribution in [2.24, 2.45) is 0 Å². The van der Waals surface area contributed by atoms with E-state index in [4.69, 9.17) is 16.3 Å². The van der Waals surface area contributed by atoms with Crippen molar-refractivity contribution in [2.45, 2.75) is 29.8 Å². The number of nitrogens with zero attached hydrogens (tertiary/aromatic N) is 1. The van der Waals surface area contributed by atoms with Gasteiger partial charge in [-0.15, -0.1) is 0 Å². The van der Waals surface area contributed by atoms with Crippen LogP contribution in [0.15, 0.2) is 53.4 Å². The average molecular weight is 424 g/mol. The number of hydrogen-bond acceptors (Lipinski definition) is 5. The summed E-state index contributed by atoms with van der Waals surface area (Å²) >= 11 is 6.04. The van der Waals surface area contributed by atoms with Crippen molar-refractivity contribution in [3.05, 3.63) is 59.1 Å². The quantitative estimate of drug-likeness (QED) is 0.740. The fourth-order valence-electron chi connectivity index (χ4n) is 3.50. The topological polar surface area (TPSA) is 66.8 Å². The third-order valence-corrected chi connectivity index (χ3v) is 6.36. The van der Waals surface area contributed by atoms with Crippen molar-refractivity contribution < 1.29 is 18.3 Å². The minimum Gasteiger partial charge on any atom is -0.491 e. The molecule has 7 heteroatoms. The van der Waals surface area contributed by atoms with Gasteiger partial charge in [-0.25, -0.2) is 8.42 Å². The van der Waals surface area contributed by atoms with Crippen LogP contribution in [0.25, 0.3) is 0 Å². The van der Waals surface area contributed by atoms with Gasteiger partial charge in [0, 0.05) is 24.4 Å². The van der Waals surface area contributed by atoms with Crippen LogP contribution < -0.4 is 4.74 Å². The molecular formula is C21H26ClNO4S. The molecule has 0 aromatic heterocycles. The van der Waals surface area contributed by atoms with E-state index in [2.05, 4.69) is 11.0 Å². The van der Waals surface area contributed by atoms with Crippen molar-refractivity contribution in [1.29, 1.82) is 0 Å². The third kappa shape index (κ3) is 5.95. The summed E-state index contributed by atoms with van der Waals surface area (Å²) in [7, 11) is -3.23. The zero-order valence-electron chi connectivity index (χ0n) is 16.0. The van der Waals surface area contributed by atoms with E-state index < -0.39 is 15.4 Å². The van der Waals surface area contributed by atoms with Crippen LogP contribution in [-0.2, 0) is 16.3 Å². The van der Waals surface area contributed by atoms with Gasteiger partial charge >= 0.3 is 0 Å². The SMILES string of the molecule is CS(=O)(=O)c1ccc(OC[C@]2(O)CCCN(CCc3cccc(Cl)c3)C2)cc1. The van der Waals surface area contributed by atoms with Crippen molar-refractivity contribution in [1.82, 2.24) is 4.90 Å². The molecule has 0 bridgehead atoms. The van der Waals surface area contributed by atoms with Gasteiger partial charge in [0.1, 0.15) is 18.0 Å². The summed E-state index contributed by atoms with van der Waals surface area (Å²) < 4.78 is 28.8. The van der Waals surface area contributed by atoms with E-state index >= 15 is 0 Å². The van der Waals surface area contributed by atoms with Crippen LogP contribution in [0.4, 0.5) is 0 Å². The molecule has 1 saturated heterocycles. The lowest BCUT2D eigenvalue weighted by atomic mass is 9.93. The van der Waals surface area contributed by atoms with Gasteiger partial charge in [0.25, 0.3) is 0 Å². The number of rotatable bonds is 7. The van der Waals surface area contributed by atoms with Gasteiger partial charge in [-0.1, -0.05) is 23.7 Å². The summed E-state index contributed by atoms with van der Waals surface area (Å²) in [6, 6.07) is 14.1. The Kier molecular flexibility index (Phi) is 6.65. The maximum Gasteiger partial charge on any atom is 0.175 e. The number of hydrogen-bond donors (Lipinski definition) is 1. The van der Waals surface area contributed by atoms with E-state index in [9.17, 15) is 13.5 Å². The molecule has 0 radical (unpaired) electrons. The second-order valence-corrected chi connectivity index (χ2v) is 9.97. The summed E-state index contributed by atoms with van der Waals surface area (Å²) in [4.78, 5) is 2.50. The van der Waals surface area contributed by atoms with E-state index in [1.165, 1.54) is 24.0 Å². The molecule has 0 amide bonds. The summed E-state index contributed by atoms with van der Waals surface area (Å²) in [6.45, 7) is 2.53. The summed E-state index contributed by atoms with van der Waals surface area (Å²) in [6.07, 6.45) is 3.64. The lowest BCUT2D eigenvalue weighted by Crippen LogP contribution is -2.52. The first kappa shape index (κ1) is 21.1. The molecule has 1 aliphatic heterocycles. The summed E-state index contributed by atoms with van der Waals surface area (Å²) in [5.41, 5.74) is 0.270. The van der Waals surface area contributed by atoms with E-state index in [0.29, 0.717) is 18.7 Å². The van der Waals surface area contributed by atoms with Crippen molar-refractivity contribution >= 4 is 21.4 Å². The van der Waals surface area contributed by atoms with Gasteiger partial charge in [-0.3, -0.25) is 0 Å². The molecular weight excluding hydrogens is 398 g/mol. The zero-order valence-corrected chi connectivity index (χ0v) is 17.5. The number of benzene rings is 2. The van der Waals surface area contributed by atoms with Gasteiger partial charge in [-0.05, 0) is 67.8 Å². The lowest BCUT2D eigenvalue weighted by molar-refractivity contribution is -0.0598. The first-order chi connectivity index (χ1) is 13.2. The summed E-state index contributed by atoms with van der Waals surface area (Å²) in [5.74, 6) is 0.553. The first-order valence-electron chi connectivity index (χ1n) is 9.36. The van der Waals surface area contributed by atoms with Gasteiger partial charge in [0.2, 0.25) is 0 Å². The van der Waals surface area contributed by atoms with Crippen LogP contribution in [0.3, 0.4) is 0 Å². The molecule has 2 aromatic rings. The van der Waals surface area contributed by atoms with Crippen molar-refractivity contribution in [3.63, 3.8) is 0 Å². The summed E-state index contributed by atoms with van der Waals surface area (Å²) in [5, 5.41) is 11.7. The fraction of sp³-hybridized carbons (Fsp3) is 0.429. The normalized spacial score (nSPS) is 20.8. The molecule has 3 rings (SSSR count). The Morgan fingerprint density at radius 1 is 1.21 bits per heavy atom. The predicted octanol–water partition coefficient (Wildman–Crippen LogP) is 3.19. The molecule has 0 spiro atoms. The molecule has 1 heterocycles. The highest BCUT2D eigenvalue weighted by molar-refractivity contribution is 7.90. The van der Waals surface area contributed by atoms with Crippen LogP contribution >= 0.6 is 11.6 Å². The first-order valence-corrected chi connectivity index (χ1v) is 11.6. The number of aliphatic hydroxyl groups is 1. The smallest absolute Gasteiger partial charge is 0.175 e. The molecule has 0 saturated carbocycles. The van der Waals surface area contributed by atoms with Crippen LogP contribution in [0.5, 0.6) is 5.75 Å². The Balaban J connectivity index is 1.53. The van der Waals surface area contributed by atoms with Crippen molar-refractivity contribution in [2.75, 3.05) is 32.5 Å². The number of halogens is 1.